The molecule has 0 aliphatic heterocycles. The van der Waals surface area contributed by atoms with Crippen molar-refractivity contribution in [2.75, 3.05) is 11.9 Å². The fourth-order valence-corrected chi connectivity index (χ4v) is 1.96. The lowest BCUT2D eigenvalue weighted by Crippen LogP contribution is -2.03. The molecule has 0 aliphatic carbocycles. The smallest absolute Gasteiger partial charge is 0.147 e. The van der Waals surface area contributed by atoms with E-state index in [9.17, 15) is 0 Å². The quantitative estimate of drug-likeness (QED) is 0.783. The van der Waals surface area contributed by atoms with E-state index in [4.69, 9.17) is 0 Å². The Kier molecular flexibility index (Phi) is 2.45. The molecule has 0 aromatic carbocycles. The second kappa shape index (κ2) is 3.75. The molecule has 0 bridgehead atoms. The summed E-state index contributed by atoms with van der Waals surface area (Å²) in [5.74, 6) is 0.896. The van der Waals surface area contributed by atoms with E-state index in [2.05, 4.69) is 21.9 Å². The van der Waals surface area contributed by atoms with Crippen LogP contribution < -0.4 is 5.32 Å². The summed E-state index contributed by atoms with van der Waals surface area (Å²) >= 11 is 1.65. The minimum absolute atomic E-state index is 0.754. The second-order valence-electron chi connectivity index (χ2n) is 3.17. The Hall–Kier alpha value is -1.42. The first kappa shape index (κ1) is 9.15. The molecule has 4 heteroatoms. The fourth-order valence-electron chi connectivity index (χ4n) is 1.15. The maximum absolute atomic E-state index is 4.20. The van der Waals surface area contributed by atoms with Gasteiger partial charge < -0.3 is 5.32 Å². The third-order valence-electron chi connectivity index (χ3n) is 1.80. The minimum atomic E-state index is 0.754. The lowest BCUT2D eigenvalue weighted by molar-refractivity contribution is 1.15. The van der Waals surface area contributed by atoms with Crippen molar-refractivity contribution in [2.24, 2.45) is 0 Å². The summed E-state index contributed by atoms with van der Waals surface area (Å²) in [5, 5.41) is 5.25. The molecule has 2 aromatic rings. The Morgan fingerprint density at radius 2 is 2.43 bits per heavy atom. The van der Waals surface area contributed by atoms with Crippen LogP contribution in [-0.4, -0.2) is 16.5 Å². The molecular formula is C10H11N3S. The normalized spacial score (nSPS) is 10.4. The van der Waals surface area contributed by atoms with E-state index in [-0.39, 0.29) is 0 Å². The monoisotopic (exact) mass is 205 g/mol. The van der Waals surface area contributed by atoms with Crippen LogP contribution in [0.5, 0.6) is 0 Å². The molecule has 0 amide bonds. The molecular weight excluding hydrogens is 194 g/mol. The van der Waals surface area contributed by atoms with Crippen LogP contribution in [0.4, 0.5) is 5.82 Å². The molecule has 0 saturated heterocycles. The van der Waals surface area contributed by atoms with Gasteiger partial charge in [-0.05, 0) is 18.4 Å². The Bertz CT molecular complexity index is 461. The van der Waals surface area contributed by atoms with Crippen LogP contribution in [0.3, 0.4) is 0 Å². The van der Waals surface area contributed by atoms with Gasteiger partial charge in [0.25, 0.3) is 0 Å². The number of hydrogen-bond donors (Lipinski definition) is 1. The van der Waals surface area contributed by atoms with Crippen molar-refractivity contribution in [3.8, 4) is 0 Å². The third kappa shape index (κ3) is 1.75. The number of thiophene rings is 1. The van der Waals surface area contributed by atoms with E-state index in [0.29, 0.717) is 0 Å². The van der Waals surface area contributed by atoms with Gasteiger partial charge in [-0.25, -0.2) is 9.97 Å². The van der Waals surface area contributed by atoms with Gasteiger partial charge in [-0.2, -0.15) is 0 Å². The molecule has 0 fully saturated rings. The summed E-state index contributed by atoms with van der Waals surface area (Å²) in [6.45, 7) is 6.58. The first-order valence-electron chi connectivity index (χ1n) is 4.34. The molecule has 14 heavy (non-hydrogen) atoms. The van der Waals surface area contributed by atoms with Gasteiger partial charge in [0, 0.05) is 6.54 Å². The van der Waals surface area contributed by atoms with Gasteiger partial charge in [-0.1, -0.05) is 12.2 Å². The molecule has 1 N–H and O–H groups in total. The van der Waals surface area contributed by atoms with Crippen molar-refractivity contribution >= 4 is 27.4 Å². The number of nitrogens with zero attached hydrogens (tertiary/aromatic N) is 2. The molecule has 2 heterocycles. The average Bonchev–Trinajstić information content (AvgIpc) is 2.62. The van der Waals surface area contributed by atoms with Crippen molar-refractivity contribution < 1.29 is 0 Å². The van der Waals surface area contributed by atoms with E-state index in [1.807, 2.05) is 18.4 Å². The average molecular weight is 205 g/mol. The number of fused-ring (bicyclic) bond motifs is 1. The number of anilines is 1. The van der Waals surface area contributed by atoms with Crippen LogP contribution in [0.2, 0.25) is 0 Å². The highest BCUT2D eigenvalue weighted by Crippen LogP contribution is 2.24. The van der Waals surface area contributed by atoms with E-state index >= 15 is 0 Å². The summed E-state index contributed by atoms with van der Waals surface area (Å²) < 4.78 is 1.11. The first-order chi connectivity index (χ1) is 6.77. The molecule has 2 rings (SSSR count). The second-order valence-corrected chi connectivity index (χ2v) is 4.08. The summed E-state index contributed by atoms with van der Waals surface area (Å²) in [6.07, 6.45) is 1.58. The van der Waals surface area contributed by atoms with Crippen LogP contribution in [0.15, 0.2) is 29.9 Å². The largest absolute Gasteiger partial charge is 0.365 e. The van der Waals surface area contributed by atoms with E-state index in [1.54, 1.807) is 17.7 Å². The number of nitrogens with one attached hydrogen (secondary N) is 1. The van der Waals surface area contributed by atoms with E-state index in [0.717, 1.165) is 28.2 Å². The predicted octanol–water partition coefficient (Wildman–Crippen LogP) is 2.68. The molecule has 2 aromatic heterocycles. The predicted molar refractivity (Wildman–Crippen MR) is 60.7 cm³/mol. The van der Waals surface area contributed by atoms with E-state index < -0.39 is 0 Å². The Morgan fingerprint density at radius 3 is 3.21 bits per heavy atom. The number of aromatic nitrogens is 2. The highest BCUT2D eigenvalue weighted by Gasteiger charge is 2.03. The van der Waals surface area contributed by atoms with Crippen LogP contribution >= 0.6 is 11.3 Å². The number of hydrogen-bond acceptors (Lipinski definition) is 4. The Labute approximate surface area is 86.5 Å². The van der Waals surface area contributed by atoms with Crippen molar-refractivity contribution in [3.05, 3.63) is 29.9 Å². The highest BCUT2D eigenvalue weighted by atomic mass is 32.1. The Balaban J connectivity index is 2.32. The molecule has 72 valence electrons. The molecule has 0 radical (unpaired) electrons. The fraction of sp³-hybridized carbons (Fsp3) is 0.200. The minimum Gasteiger partial charge on any atom is -0.365 e. The molecule has 0 spiro atoms. The van der Waals surface area contributed by atoms with Crippen LogP contribution in [0.25, 0.3) is 10.2 Å². The molecule has 0 unspecified atom stereocenters. The zero-order valence-electron chi connectivity index (χ0n) is 7.95. The summed E-state index contributed by atoms with van der Waals surface area (Å²) in [7, 11) is 0. The van der Waals surface area contributed by atoms with E-state index in [1.165, 1.54) is 0 Å². The zero-order valence-corrected chi connectivity index (χ0v) is 8.77. The van der Waals surface area contributed by atoms with Crippen molar-refractivity contribution in [3.63, 3.8) is 0 Å². The standard InChI is InChI=1S/C10H11N3S/c1-7(2)5-11-10-9-8(3-4-14-9)12-6-13-10/h3-4,6H,1,5H2,2H3,(H,11,12,13). The topological polar surface area (TPSA) is 37.8 Å². The summed E-state index contributed by atoms with van der Waals surface area (Å²) in [6, 6.07) is 1.99. The van der Waals surface area contributed by atoms with Gasteiger partial charge >= 0.3 is 0 Å². The maximum Gasteiger partial charge on any atom is 0.147 e. The van der Waals surface area contributed by atoms with Crippen LogP contribution in [0, 0.1) is 0 Å². The maximum atomic E-state index is 4.20. The van der Waals surface area contributed by atoms with Crippen molar-refractivity contribution in [1.29, 1.82) is 0 Å². The lowest BCUT2D eigenvalue weighted by atomic mass is 10.3. The molecule has 0 atom stereocenters. The van der Waals surface area contributed by atoms with Gasteiger partial charge in [0.2, 0.25) is 0 Å². The molecule has 0 saturated carbocycles. The third-order valence-corrected chi connectivity index (χ3v) is 2.71. The molecule has 0 aliphatic rings. The lowest BCUT2D eigenvalue weighted by Gasteiger charge is -2.04. The number of rotatable bonds is 3. The molecule has 3 nitrogen and oxygen atoms in total. The van der Waals surface area contributed by atoms with Crippen molar-refractivity contribution in [1.82, 2.24) is 9.97 Å². The summed E-state index contributed by atoms with van der Waals surface area (Å²) in [4.78, 5) is 8.36. The van der Waals surface area contributed by atoms with Crippen molar-refractivity contribution in [2.45, 2.75) is 6.92 Å². The highest BCUT2D eigenvalue weighted by molar-refractivity contribution is 7.17. The van der Waals surface area contributed by atoms with Crippen LogP contribution in [-0.2, 0) is 0 Å². The zero-order chi connectivity index (χ0) is 9.97. The summed E-state index contributed by atoms with van der Waals surface area (Å²) in [5.41, 5.74) is 2.09. The van der Waals surface area contributed by atoms with Gasteiger partial charge in [-0.15, -0.1) is 11.3 Å². The van der Waals surface area contributed by atoms with Gasteiger partial charge in [0.1, 0.15) is 12.1 Å². The van der Waals surface area contributed by atoms with Gasteiger partial charge in [0.05, 0.1) is 10.2 Å². The Morgan fingerprint density at radius 1 is 1.57 bits per heavy atom. The van der Waals surface area contributed by atoms with Gasteiger partial charge in [0.15, 0.2) is 0 Å². The SMILES string of the molecule is C=C(C)CNc1ncnc2ccsc12. The first-order valence-corrected chi connectivity index (χ1v) is 5.22. The van der Waals surface area contributed by atoms with Gasteiger partial charge in [-0.3, -0.25) is 0 Å². The van der Waals surface area contributed by atoms with Crippen LogP contribution in [0.1, 0.15) is 6.92 Å².